The van der Waals surface area contributed by atoms with E-state index in [1.54, 1.807) is 14.2 Å². The predicted molar refractivity (Wildman–Crippen MR) is 130 cm³/mol. The number of amides is 1. The van der Waals surface area contributed by atoms with Gasteiger partial charge in [-0.25, -0.2) is 0 Å². The first-order valence-corrected chi connectivity index (χ1v) is 11.6. The largest absolute Gasteiger partial charge is 0.493 e. The van der Waals surface area contributed by atoms with E-state index < -0.39 is 5.41 Å². The second-order valence-corrected chi connectivity index (χ2v) is 8.80. The van der Waals surface area contributed by atoms with Crippen molar-refractivity contribution in [1.82, 2.24) is 4.90 Å². The van der Waals surface area contributed by atoms with E-state index in [1.807, 2.05) is 52.3 Å². The lowest BCUT2D eigenvalue weighted by Crippen LogP contribution is -2.47. The van der Waals surface area contributed by atoms with Crippen molar-refractivity contribution in [3.63, 3.8) is 0 Å². The minimum Gasteiger partial charge on any atom is -0.493 e. The molecule has 0 aliphatic carbocycles. The quantitative estimate of drug-likeness (QED) is 0.738. The van der Waals surface area contributed by atoms with Gasteiger partial charge < -0.3 is 25.0 Å². The van der Waals surface area contributed by atoms with Gasteiger partial charge in [-0.2, -0.15) is 5.26 Å². The fourth-order valence-electron chi connectivity index (χ4n) is 5.43. The number of rotatable bonds is 5. The molecule has 0 saturated carbocycles. The Morgan fingerprint density at radius 3 is 2.62 bits per heavy atom. The van der Waals surface area contributed by atoms with E-state index >= 15 is 0 Å². The van der Waals surface area contributed by atoms with Crippen LogP contribution < -0.4 is 20.1 Å². The highest BCUT2D eigenvalue weighted by molar-refractivity contribution is 6.14. The molecule has 2 aromatic carbocycles. The number of ether oxygens (including phenoxy) is 2. The number of nitrogens with two attached hydrogens (primary N) is 1. The molecule has 0 aromatic heterocycles. The van der Waals surface area contributed by atoms with Gasteiger partial charge in [0.15, 0.2) is 11.5 Å². The van der Waals surface area contributed by atoms with Gasteiger partial charge in [-0.1, -0.05) is 31.5 Å². The lowest BCUT2D eigenvalue weighted by atomic mass is 9.71. The fraction of sp³-hybridized carbons (Fsp3) is 0.333. The van der Waals surface area contributed by atoms with Crippen molar-refractivity contribution in [2.24, 2.45) is 5.73 Å². The summed E-state index contributed by atoms with van der Waals surface area (Å²) in [4.78, 5) is 17.9. The van der Waals surface area contributed by atoms with Crippen LogP contribution in [0.4, 0.5) is 5.69 Å². The maximum Gasteiger partial charge on any atom is 0.247 e. The van der Waals surface area contributed by atoms with Crippen LogP contribution in [0.25, 0.3) is 5.70 Å². The maximum absolute atomic E-state index is 14.1. The molecular formula is C27H28N4O3. The molecule has 1 amide bonds. The summed E-state index contributed by atoms with van der Waals surface area (Å²) in [6.45, 7) is 3.31. The van der Waals surface area contributed by atoms with Crippen LogP contribution in [0.2, 0.25) is 0 Å². The molecule has 5 rings (SSSR count). The molecule has 0 bridgehead atoms. The molecule has 7 nitrogen and oxygen atoms in total. The topological polar surface area (TPSA) is 91.8 Å². The molecule has 2 N–H and O–H groups in total. The van der Waals surface area contributed by atoms with E-state index in [2.05, 4.69) is 13.0 Å². The Bertz CT molecular complexity index is 1290. The maximum atomic E-state index is 14.1. The number of unbranched alkanes of at least 4 members (excludes halogenated alkanes) is 1. The Kier molecular flexibility index (Phi) is 5.24. The van der Waals surface area contributed by atoms with Gasteiger partial charge in [-0.3, -0.25) is 4.79 Å². The second kappa shape index (κ2) is 8.14. The Morgan fingerprint density at radius 2 is 1.91 bits per heavy atom. The number of methoxy groups -OCH3 is 2. The third kappa shape index (κ3) is 2.84. The van der Waals surface area contributed by atoms with Gasteiger partial charge in [0.05, 0.1) is 19.8 Å². The van der Waals surface area contributed by atoms with Crippen LogP contribution in [0.5, 0.6) is 11.5 Å². The number of nitrogens with zero attached hydrogens (tertiary/aromatic N) is 3. The molecule has 0 radical (unpaired) electrons. The van der Waals surface area contributed by atoms with E-state index in [9.17, 15) is 10.1 Å². The zero-order valence-electron chi connectivity index (χ0n) is 19.7. The molecule has 0 saturated heterocycles. The molecule has 1 spiro atoms. The van der Waals surface area contributed by atoms with Gasteiger partial charge in [-0.05, 0) is 42.7 Å². The van der Waals surface area contributed by atoms with Gasteiger partial charge in [-0.15, -0.1) is 0 Å². The Labute approximate surface area is 199 Å². The molecule has 0 unspecified atom stereocenters. The molecule has 34 heavy (non-hydrogen) atoms. The minimum atomic E-state index is -1.25. The van der Waals surface area contributed by atoms with Crippen LogP contribution in [-0.4, -0.2) is 38.1 Å². The molecule has 3 heterocycles. The standard InChI is InChI=1S/C27H28N4O3/c1-4-5-11-31-21-9-7-6-8-19(21)27(26(31)32)15-22-18-14-24(34-3)23(33-2)13-17(18)10-12-30(22)25(29)20(27)16-28/h6-9,13-15H,4-5,10-12,29H2,1-3H3/t27-/m0/s1. The van der Waals surface area contributed by atoms with E-state index in [1.165, 1.54) is 0 Å². The fourth-order valence-corrected chi connectivity index (χ4v) is 5.43. The average Bonchev–Trinajstić information content (AvgIpc) is 3.09. The molecule has 2 aromatic rings. The van der Waals surface area contributed by atoms with Gasteiger partial charge in [0.25, 0.3) is 0 Å². The van der Waals surface area contributed by atoms with Crippen molar-refractivity contribution >= 4 is 17.3 Å². The van der Waals surface area contributed by atoms with Crippen molar-refractivity contribution in [3.8, 4) is 17.6 Å². The van der Waals surface area contributed by atoms with Crippen molar-refractivity contribution < 1.29 is 14.3 Å². The van der Waals surface area contributed by atoms with E-state index in [-0.39, 0.29) is 11.5 Å². The molecule has 7 heteroatoms. The lowest BCUT2D eigenvalue weighted by Gasteiger charge is -2.41. The van der Waals surface area contributed by atoms with Crippen LogP contribution in [0, 0.1) is 11.3 Å². The van der Waals surface area contributed by atoms with Crippen LogP contribution >= 0.6 is 0 Å². The summed E-state index contributed by atoms with van der Waals surface area (Å²) in [5, 5.41) is 10.3. The summed E-state index contributed by atoms with van der Waals surface area (Å²) in [5.41, 5.74) is 10.2. The Hall–Kier alpha value is -3.92. The minimum absolute atomic E-state index is 0.124. The molecule has 3 aliphatic heterocycles. The third-order valence-electron chi connectivity index (χ3n) is 7.12. The summed E-state index contributed by atoms with van der Waals surface area (Å²) in [6.07, 6.45) is 4.51. The smallest absolute Gasteiger partial charge is 0.247 e. The number of anilines is 1. The first-order chi connectivity index (χ1) is 16.5. The number of benzene rings is 2. The zero-order chi connectivity index (χ0) is 24.0. The summed E-state index contributed by atoms with van der Waals surface area (Å²) in [5.74, 6) is 1.48. The van der Waals surface area contributed by atoms with E-state index in [0.717, 1.165) is 47.3 Å². The highest BCUT2D eigenvalue weighted by Crippen LogP contribution is 2.53. The van der Waals surface area contributed by atoms with Crippen molar-refractivity contribution in [3.05, 3.63) is 70.6 Å². The number of hydrogen-bond acceptors (Lipinski definition) is 6. The number of carbonyl (C=O) groups is 1. The number of hydrogen-bond donors (Lipinski definition) is 1. The average molecular weight is 457 g/mol. The van der Waals surface area contributed by atoms with Gasteiger partial charge in [0.1, 0.15) is 17.3 Å². The van der Waals surface area contributed by atoms with Crippen molar-refractivity contribution in [2.45, 2.75) is 31.6 Å². The summed E-state index contributed by atoms with van der Waals surface area (Å²) >= 11 is 0. The number of nitriles is 1. The molecule has 1 atom stereocenters. The molecule has 174 valence electrons. The monoisotopic (exact) mass is 456 g/mol. The zero-order valence-corrected chi connectivity index (χ0v) is 19.7. The van der Waals surface area contributed by atoms with Crippen LogP contribution in [-0.2, 0) is 16.6 Å². The first kappa shape index (κ1) is 21.9. The van der Waals surface area contributed by atoms with Gasteiger partial charge in [0.2, 0.25) is 5.91 Å². The van der Waals surface area contributed by atoms with E-state index in [4.69, 9.17) is 15.2 Å². The SMILES string of the molecule is CCCCN1C(=O)[C@@]2(C=C3c4cc(OC)c(OC)cc4CCN3C(N)=C2C#N)c2ccccc21. The van der Waals surface area contributed by atoms with Crippen molar-refractivity contribution in [1.29, 1.82) is 5.26 Å². The molecule has 0 fully saturated rings. The first-order valence-electron chi connectivity index (χ1n) is 11.6. The van der Waals surface area contributed by atoms with E-state index in [0.29, 0.717) is 30.4 Å². The summed E-state index contributed by atoms with van der Waals surface area (Å²) in [7, 11) is 3.22. The summed E-state index contributed by atoms with van der Waals surface area (Å²) < 4.78 is 11.1. The number of carbonyl (C=O) groups excluding carboxylic acids is 1. The van der Waals surface area contributed by atoms with Crippen LogP contribution in [0.15, 0.2) is 53.9 Å². The van der Waals surface area contributed by atoms with Crippen LogP contribution in [0.3, 0.4) is 0 Å². The Balaban J connectivity index is 1.77. The van der Waals surface area contributed by atoms with Gasteiger partial charge >= 0.3 is 0 Å². The Morgan fingerprint density at radius 1 is 1.18 bits per heavy atom. The normalized spacial score (nSPS) is 20.5. The predicted octanol–water partition coefficient (Wildman–Crippen LogP) is 3.69. The van der Waals surface area contributed by atoms with Gasteiger partial charge in [0, 0.05) is 35.6 Å². The van der Waals surface area contributed by atoms with Crippen LogP contribution in [0.1, 0.15) is 36.5 Å². The second-order valence-electron chi connectivity index (χ2n) is 8.80. The van der Waals surface area contributed by atoms with Crippen molar-refractivity contribution in [2.75, 3.05) is 32.2 Å². The number of para-hydroxylation sites is 1. The number of fused-ring (bicyclic) bond motifs is 5. The summed E-state index contributed by atoms with van der Waals surface area (Å²) in [6, 6.07) is 14.0. The lowest BCUT2D eigenvalue weighted by molar-refractivity contribution is -0.120. The molecular weight excluding hydrogens is 428 g/mol. The highest BCUT2D eigenvalue weighted by atomic mass is 16.5. The third-order valence-corrected chi connectivity index (χ3v) is 7.12. The molecule has 3 aliphatic rings. The highest BCUT2D eigenvalue weighted by Gasteiger charge is 2.56.